The summed E-state index contributed by atoms with van der Waals surface area (Å²) in [6.07, 6.45) is 0.403. The van der Waals surface area contributed by atoms with Gasteiger partial charge >= 0.3 is 0 Å². The second kappa shape index (κ2) is 9.05. The Morgan fingerprint density at radius 3 is 2.41 bits per heavy atom. The van der Waals surface area contributed by atoms with Crippen LogP contribution in [0.2, 0.25) is 0 Å². The summed E-state index contributed by atoms with van der Waals surface area (Å²) in [7, 11) is 3.13. The second-order valence-corrected chi connectivity index (χ2v) is 6.34. The SMILES string of the molecule is CCC(C(=O)Nc1ccccc1OC)n1nc(-c2ccc(OC)cc2)ccc1=O. The molecule has 0 aliphatic heterocycles. The van der Waals surface area contributed by atoms with Gasteiger partial charge in [0.25, 0.3) is 5.56 Å². The number of rotatable bonds is 7. The molecule has 0 saturated carbocycles. The Morgan fingerprint density at radius 2 is 1.76 bits per heavy atom. The molecule has 0 aliphatic rings. The number of ether oxygens (including phenoxy) is 2. The molecular weight excluding hydrogens is 370 g/mol. The van der Waals surface area contributed by atoms with Gasteiger partial charge in [-0.3, -0.25) is 9.59 Å². The molecule has 1 unspecified atom stereocenters. The predicted octanol–water partition coefficient (Wildman–Crippen LogP) is 3.52. The molecule has 0 spiro atoms. The fourth-order valence-corrected chi connectivity index (χ4v) is 3.00. The minimum absolute atomic E-state index is 0.335. The highest BCUT2D eigenvalue weighted by Gasteiger charge is 2.22. The molecular formula is C22H23N3O4. The first kappa shape index (κ1) is 20.1. The van der Waals surface area contributed by atoms with Gasteiger partial charge in [-0.05, 0) is 48.9 Å². The van der Waals surface area contributed by atoms with Crippen LogP contribution in [0, 0.1) is 0 Å². The van der Waals surface area contributed by atoms with E-state index in [4.69, 9.17) is 9.47 Å². The van der Waals surface area contributed by atoms with Crippen LogP contribution in [0.3, 0.4) is 0 Å². The molecule has 1 heterocycles. The molecule has 3 aromatic rings. The van der Waals surface area contributed by atoms with Gasteiger partial charge in [0, 0.05) is 11.6 Å². The first-order valence-corrected chi connectivity index (χ1v) is 9.25. The summed E-state index contributed by atoms with van der Waals surface area (Å²) in [6, 6.07) is 16.8. The van der Waals surface area contributed by atoms with Gasteiger partial charge in [-0.1, -0.05) is 19.1 Å². The van der Waals surface area contributed by atoms with E-state index < -0.39 is 6.04 Å². The Morgan fingerprint density at radius 1 is 1.03 bits per heavy atom. The van der Waals surface area contributed by atoms with E-state index >= 15 is 0 Å². The average Bonchev–Trinajstić information content (AvgIpc) is 2.76. The van der Waals surface area contributed by atoms with Crippen molar-refractivity contribution in [2.45, 2.75) is 19.4 Å². The van der Waals surface area contributed by atoms with Crippen molar-refractivity contribution in [2.75, 3.05) is 19.5 Å². The van der Waals surface area contributed by atoms with Crippen LogP contribution < -0.4 is 20.3 Å². The smallest absolute Gasteiger partial charge is 0.267 e. The Bertz CT molecular complexity index is 1040. The van der Waals surface area contributed by atoms with E-state index in [2.05, 4.69) is 10.4 Å². The standard InChI is InChI=1S/C22H23N3O4/c1-4-19(22(27)23-18-7-5-6-8-20(18)29-3)25-21(26)14-13-17(24-25)15-9-11-16(28-2)12-10-15/h5-14,19H,4H2,1-3H3,(H,23,27). The first-order chi connectivity index (χ1) is 14.1. The summed E-state index contributed by atoms with van der Waals surface area (Å²) in [6.45, 7) is 1.83. The lowest BCUT2D eigenvalue weighted by atomic mass is 10.1. The fourth-order valence-electron chi connectivity index (χ4n) is 3.00. The molecule has 3 rings (SSSR count). The van der Waals surface area contributed by atoms with Crippen LogP contribution in [0.25, 0.3) is 11.3 Å². The molecule has 1 N–H and O–H groups in total. The number of hydrogen-bond donors (Lipinski definition) is 1. The maximum atomic E-state index is 12.9. The van der Waals surface area contributed by atoms with Crippen LogP contribution in [-0.4, -0.2) is 29.9 Å². The molecule has 1 aromatic heterocycles. The molecule has 0 saturated heterocycles. The molecule has 0 aliphatic carbocycles. The third-order valence-electron chi connectivity index (χ3n) is 4.56. The van der Waals surface area contributed by atoms with Gasteiger partial charge in [0.15, 0.2) is 0 Å². The number of hydrogen-bond acceptors (Lipinski definition) is 5. The molecule has 2 aromatic carbocycles. The normalized spacial score (nSPS) is 11.6. The monoisotopic (exact) mass is 393 g/mol. The second-order valence-electron chi connectivity index (χ2n) is 6.34. The first-order valence-electron chi connectivity index (χ1n) is 9.25. The van der Waals surface area contributed by atoms with Gasteiger partial charge in [-0.2, -0.15) is 5.10 Å². The molecule has 7 nitrogen and oxygen atoms in total. The van der Waals surface area contributed by atoms with Gasteiger partial charge in [0.1, 0.15) is 17.5 Å². The molecule has 1 amide bonds. The van der Waals surface area contributed by atoms with Crippen molar-refractivity contribution in [1.29, 1.82) is 0 Å². The molecule has 1 atom stereocenters. The largest absolute Gasteiger partial charge is 0.497 e. The van der Waals surface area contributed by atoms with E-state index in [0.29, 0.717) is 23.6 Å². The van der Waals surface area contributed by atoms with Crippen LogP contribution in [-0.2, 0) is 4.79 Å². The Labute approximate surface area is 168 Å². The fraction of sp³-hybridized carbons (Fsp3) is 0.227. The van der Waals surface area contributed by atoms with Crippen molar-refractivity contribution in [3.8, 4) is 22.8 Å². The number of methoxy groups -OCH3 is 2. The summed E-state index contributed by atoms with van der Waals surface area (Å²) >= 11 is 0. The summed E-state index contributed by atoms with van der Waals surface area (Å²) in [4.78, 5) is 25.4. The quantitative estimate of drug-likeness (QED) is 0.664. The summed E-state index contributed by atoms with van der Waals surface area (Å²) in [5.74, 6) is 0.936. The third-order valence-corrected chi connectivity index (χ3v) is 4.56. The lowest BCUT2D eigenvalue weighted by Crippen LogP contribution is -2.34. The molecule has 150 valence electrons. The molecule has 0 radical (unpaired) electrons. The highest BCUT2D eigenvalue weighted by Crippen LogP contribution is 2.25. The zero-order valence-electron chi connectivity index (χ0n) is 16.6. The zero-order chi connectivity index (χ0) is 20.8. The number of carbonyl (C=O) groups excluding carboxylic acids is 1. The van der Waals surface area contributed by atoms with Gasteiger partial charge in [0.2, 0.25) is 5.91 Å². The predicted molar refractivity (Wildman–Crippen MR) is 111 cm³/mol. The van der Waals surface area contributed by atoms with Gasteiger partial charge in [-0.15, -0.1) is 0 Å². The number of nitrogens with zero attached hydrogens (tertiary/aromatic N) is 2. The third kappa shape index (κ3) is 4.45. The van der Waals surface area contributed by atoms with Crippen molar-refractivity contribution in [3.05, 3.63) is 71.0 Å². The van der Waals surface area contributed by atoms with E-state index in [9.17, 15) is 9.59 Å². The van der Waals surface area contributed by atoms with Crippen LogP contribution in [0.1, 0.15) is 19.4 Å². The number of para-hydroxylation sites is 2. The lowest BCUT2D eigenvalue weighted by molar-refractivity contribution is -0.119. The zero-order valence-corrected chi connectivity index (χ0v) is 16.6. The molecule has 29 heavy (non-hydrogen) atoms. The Kier molecular flexibility index (Phi) is 6.29. The van der Waals surface area contributed by atoms with Gasteiger partial charge in [-0.25, -0.2) is 4.68 Å². The van der Waals surface area contributed by atoms with Crippen LogP contribution in [0.15, 0.2) is 65.5 Å². The van der Waals surface area contributed by atoms with Crippen LogP contribution >= 0.6 is 0 Å². The minimum atomic E-state index is -0.759. The number of anilines is 1. The van der Waals surface area contributed by atoms with E-state index in [0.717, 1.165) is 11.3 Å². The Balaban J connectivity index is 1.92. The molecule has 0 fully saturated rings. The van der Waals surface area contributed by atoms with Crippen LogP contribution in [0.5, 0.6) is 11.5 Å². The number of aromatic nitrogens is 2. The molecule has 0 bridgehead atoms. The van der Waals surface area contributed by atoms with Gasteiger partial charge in [0.05, 0.1) is 25.6 Å². The minimum Gasteiger partial charge on any atom is -0.497 e. The average molecular weight is 393 g/mol. The number of nitrogens with one attached hydrogen (secondary N) is 1. The maximum Gasteiger partial charge on any atom is 0.267 e. The van der Waals surface area contributed by atoms with Crippen molar-refractivity contribution in [1.82, 2.24) is 9.78 Å². The van der Waals surface area contributed by atoms with Crippen molar-refractivity contribution in [3.63, 3.8) is 0 Å². The topological polar surface area (TPSA) is 82.4 Å². The van der Waals surface area contributed by atoms with Crippen molar-refractivity contribution in [2.24, 2.45) is 0 Å². The number of benzene rings is 2. The summed E-state index contributed by atoms with van der Waals surface area (Å²) < 4.78 is 11.7. The number of carbonyl (C=O) groups is 1. The maximum absolute atomic E-state index is 12.9. The van der Waals surface area contributed by atoms with E-state index in [1.54, 1.807) is 31.4 Å². The summed E-state index contributed by atoms with van der Waals surface area (Å²) in [5.41, 5.74) is 1.61. The lowest BCUT2D eigenvalue weighted by Gasteiger charge is -2.18. The van der Waals surface area contributed by atoms with Gasteiger partial charge < -0.3 is 14.8 Å². The van der Waals surface area contributed by atoms with E-state index in [1.165, 1.54) is 17.9 Å². The number of amides is 1. The van der Waals surface area contributed by atoms with Crippen molar-refractivity contribution < 1.29 is 14.3 Å². The summed E-state index contributed by atoms with van der Waals surface area (Å²) in [5, 5.41) is 7.28. The Hall–Kier alpha value is -3.61. The van der Waals surface area contributed by atoms with Crippen molar-refractivity contribution >= 4 is 11.6 Å². The van der Waals surface area contributed by atoms with E-state index in [-0.39, 0.29) is 11.5 Å². The highest BCUT2D eigenvalue weighted by atomic mass is 16.5. The highest BCUT2D eigenvalue weighted by molar-refractivity contribution is 5.95. The molecule has 7 heteroatoms. The van der Waals surface area contributed by atoms with Crippen LogP contribution in [0.4, 0.5) is 5.69 Å². The van der Waals surface area contributed by atoms with E-state index in [1.807, 2.05) is 37.3 Å².